The lowest BCUT2D eigenvalue weighted by molar-refractivity contribution is 0.0698. The second-order valence-electron chi connectivity index (χ2n) is 4.44. The molecule has 2 N–H and O–H groups in total. The molecule has 0 aliphatic heterocycles. The molecule has 0 atom stereocenters. The lowest BCUT2D eigenvalue weighted by Gasteiger charge is -2.10. The molecule has 0 aliphatic rings. The van der Waals surface area contributed by atoms with Crippen LogP contribution >= 0.6 is 0 Å². The Kier molecular flexibility index (Phi) is 2.79. The van der Waals surface area contributed by atoms with E-state index >= 15 is 0 Å². The highest BCUT2D eigenvalue weighted by atomic mass is 16.5. The number of hydrogen-bond donors (Lipinski definition) is 2. The zero-order chi connectivity index (χ0) is 15.1. The van der Waals surface area contributed by atoms with Gasteiger partial charge in [-0.05, 0) is 18.2 Å². The molecular formula is C15H10O6. The lowest BCUT2D eigenvalue weighted by Crippen LogP contribution is -2.05. The van der Waals surface area contributed by atoms with Gasteiger partial charge in [-0.2, -0.15) is 0 Å². The Morgan fingerprint density at radius 3 is 2.67 bits per heavy atom. The van der Waals surface area contributed by atoms with Crippen molar-refractivity contribution in [2.75, 3.05) is 7.11 Å². The van der Waals surface area contributed by atoms with Gasteiger partial charge in [0.05, 0.1) is 18.1 Å². The molecule has 3 aromatic rings. The highest BCUT2D eigenvalue weighted by Gasteiger charge is 2.19. The van der Waals surface area contributed by atoms with Crippen LogP contribution in [0.5, 0.6) is 11.5 Å². The normalized spacial score (nSPS) is 10.9. The van der Waals surface area contributed by atoms with Crippen molar-refractivity contribution < 1.29 is 24.2 Å². The molecule has 21 heavy (non-hydrogen) atoms. The van der Waals surface area contributed by atoms with E-state index in [0.29, 0.717) is 11.1 Å². The van der Waals surface area contributed by atoms with Crippen molar-refractivity contribution in [1.82, 2.24) is 0 Å². The minimum atomic E-state index is -1.24. The number of carboxylic acid groups (broad SMARTS) is 1. The quantitative estimate of drug-likeness (QED) is 0.554. The van der Waals surface area contributed by atoms with Crippen LogP contribution in [0.4, 0.5) is 0 Å². The first-order chi connectivity index (χ1) is 10.0. The van der Waals surface area contributed by atoms with E-state index in [-0.39, 0.29) is 27.7 Å². The Hall–Kier alpha value is -3.02. The van der Waals surface area contributed by atoms with Crippen molar-refractivity contribution in [2.45, 2.75) is 0 Å². The number of rotatable bonds is 2. The van der Waals surface area contributed by atoms with Crippen LogP contribution in [-0.2, 0) is 0 Å². The van der Waals surface area contributed by atoms with E-state index in [9.17, 15) is 19.8 Å². The van der Waals surface area contributed by atoms with Gasteiger partial charge in [-0.1, -0.05) is 6.07 Å². The summed E-state index contributed by atoms with van der Waals surface area (Å²) in [5.74, 6) is -1.17. The SMILES string of the molecule is COc1cccc2c(=O)oc3cc(O)cc(C(=O)O)c3c12. The van der Waals surface area contributed by atoms with Crippen molar-refractivity contribution in [3.63, 3.8) is 0 Å². The standard InChI is InChI=1S/C15H10O6/c1-20-10-4-2-3-8-12(10)13-9(14(17)18)5-7(16)6-11(13)21-15(8)19/h2-6,16H,1H3,(H,17,18). The molecule has 1 heterocycles. The molecule has 0 amide bonds. The molecule has 6 nitrogen and oxygen atoms in total. The zero-order valence-corrected chi connectivity index (χ0v) is 10.9. The number of phenolic OH excluding ortho intramolecular Hbond substituents is 1. The molecule has 6 heteroatoms. The second kappa shape index (κ2) is 4.52. The largest absolute Gasteiger partial charge is 0.508 e. The Labute approximate surface area is 117 Å². The summed E-state index contributed by atoms with van der Waals surface area (Å²) in [7, 11) is 1.43. The minimum absolute atomic E-state index is 0.00519. The maximum atomic E-state index is 12.0. The first-order valence-electron chi connectivity index (χ1n) is 6.02. The van der Waals surface area contributed by atoms with Crippen LogP contribution in [0.1, 0.15) is 10.4 Å². The third kappa shape index (κ3) is 1.88. The van der Waals surface area contributed by atoms with Crippen molar-refractivity contribution in [3.8, 4) is 11.5 Å². The number of methoxy groups -OCH3 is 1. The first kappa shape index (κ1) is 13.0. The van der Waals surface area contributed by atoms with E-state index < -0.39 is 11.6 Å². The summed E-state index contributed by atoms with van der Waals surface area (Å²) in [5.41, 5.74) is -0.795. The third-order valence-electron chi connectivity index (χ3n) is 3.24. The number of aromatic carboxylic acids is 1. The summed E-state index contributed by atoms with van der Waals surface area (Å²) in [4.78, 5) is 23.4. The number of carbonyl (C=O) groups is 1. The van der Waals surface area contributed by atoms with Crippen LogP contribution in [0.3, 0.4) is 0 Å². The van der Waals surface area contributed by atoms with Crippen LogP contribution in [0.25, 0.3) is 21.7 Å². The molecule has 1 aromatic heterocycles. The van der Waals surface area contributed by atoms with Crippen molar-refractivity contribution in [1.29, 1.82) is 0 Å². The molecule has 0 unspecified atom stereocenters. The average Bonchev–Trinajstić information content (AvgIpc) is 2.45. The van der Waals surface area contributed by atoms with Crippen LogP contribution < -0.4 is 10.4 Å². The van der Waals surface area contributed by atoms with Gasteiger partial charge in [0.25, 0.3) is 0 Å². The van der Waals surface area contributed by atoms with Gasteiger partial charge in [-0.25, -0.2) is 9.59 Å². The van der Waals surface area contributed by atoms with Crippen LogP contribution in [-0.4, -0.2) is 23.3 Å². The Bertz CT molecular complexity index is 938. The fraction of sp³-hybridized carbons (Fsp3) is 0.0667. The monoisotopic (exact) mass is 286 g/mol. The smallest absolute Gasteiger partial charge is 0.344 e. The summed E-state index contributed by atoms with van der Waals surface area (Å²) in [6.07, 6.45) is 0. The van der Waals surface area contributed by atoms with Gasteiger partial charge in [-0.15, -0.1) is 0 Å². The predicted molar refractivity (Wildman–Crippen MR) is 75.2 cm³/mol. The number of aromatic hydroxyl groups is 1. The van der Waals surface area contributed by atoms with E-state index in [4.69, 9.17) is 9.15 Å². The van der Waals surface area contributed by atoms with Gasteiger partial charge in [0.1, 0.15) is 17.1 Å². The molecule has 0 fully saturated rings. The number of phenols is 1. The maximum Gasteiger partial charge on any atom is 0.344 e. The lowest BCUT2D eigenvalue weighted by atomic mass is 10.0. The summed E-state index contributed by atoms with van der Waals surface area (Å²) in [6, 6.07) is 7.08. The molecule has 0 saturated heterocycles. The molecule has 106 valence electrons. The number of benzene rings is 2. The van der Waals surface area contributed by atoms with E-state index in [2.05, 4.69) is 0 Å². The van der Waals surface area contributed by atoms with Gasteiger partial charge in [0.2, 0.25) is 0 Å². The number of fused-ring (bicyclic) bond motifs is 3. The van der Waals surface area contributed by atoms with E-state index in [1.807, 2.05) is 0 Å². The van der Waals surface area contributed by atoms with Gasteiger partial charge in [-0.3, -0.25) is 0 Å². The topological polar surface area (TPSA) is 97.0 Å². The second-order valence-corrected chi connectivity index (χ2v) is 4.44. The highest BCUT2D eigenvalue weighted by Crippen LogP contribution is 2.35. The van der Waals surface area contributed by atoms with Crippen molar-refractivity contribution in [3.05, 3.63) is 46.3 Å². The summed E-state index contributed by atoms with van der Waals surface area (Å²) in [6.45, 7) is 0. The summed E-state index contributed by atoms with van der Waals surface area (Å²) < 4.78 is 10.3. The molecule has 0 radical (unpaired) electrons. The van der Waals surface area contributed by atoms with E-state index in [0.717, 1.165) is 6.07 Å². The van der Waals surface area contributed by atoms with E-state index in [1.165, 1.54) is 19.2 Å². The summed E-state index contributed by atoms with van der Waals surface area (Å²) >= 11 is 0. The van der Waals surface area contributed by atoms with Crippen molar-refractivity contribution in [2.24, 2.45) is 0 Å². The van der Waals surface area contributed by atoms with E-state index in [1.54, 1.807) is 12.1 Å². The minimum Gasteiger partial charge on any atom is -0.508 e. The number of carboxylic acids is 1. The Morgan fingerprint density at radius 1 is 1.24 bits per heavy atom. The first-order valence-corrected chi connectivity index (χ1v) is 6.02. The van der Waals surface area contributed by atoms with Gasteiger partial charge >= 0.3 is 11.6 Å². The molecule has 0 saturated carbocycles. The molecule has 3 rings (SSSR count). The molecule has 0 aliphatic carbocycles. The predicted octanol–water partition coefficient (Wildman–Crippen LogP) is 2.36. The zero-order valence-electron chi connectivity index (χ0n) is 10.9. The maximum absolute atomic E-state index is 12.0. The van der Waals surface area contributed by atoms with Crippen LogP contribution in [0.15, 0.2) is 39.5 Å². The number of hydrogen-bond acceptors (Lipinski definition) is 5. The molecule has 0 bridgehead atoms. The van der Waals surface area contributed by atoms with Crippen LogP contribution in [0.2, 0.25) is 0 Å². The highest BCUT2D eigenvalue weighted by molar-refractivity contribution is 6.16. The number of ether oxygens (including phenoxy) is 1. The molecular weight excluding hydrogens is 276 g/mol. The van der Waals surface area contributed by atoms with Gasteiger partial charge in [0, 0.05) is 16.8 Å². The van der Waals surface area contributed by atoms with Gasteiger partial charge < -0.3 is 19.4 Å². The fourth-order valence-electron chi connectivity index (χ4n) is 2.39. The van der Waals surface area contributed by atoms with Crippen molar-refractivity contribution >= 4 is 27.7 Å². The fourth-order valence-corrected chi connectivity index (χ4v) is 2.39. The average molecular weight is 286 g/mol. The molecule has 0 spiro atoms. The Balaban J connectivity index is 2.70. The third-order valence-corrected chi connectivity index (χ3v) is 3.24. The summed E-state index contributed by atoms with van der Waals surface area (Å²) in [5, 5.41) is 19.7. The van der Waals surface area contributed by atoms with Gasteiger partial charge in [0.15, 0.2) is 0 Å². The molecule has 2 aromatic carbocycles. The van der Waals surface area contributed by atoms with Crippen LogP contribution in [0, 0.1) is 0 Å². The Morgan fingerprint density at radius 2 is 2.00 bits per heavy atom.